The van der Waals surface area contributed by atoms with Crippen molar-refractivity contribution in [3.05, 3.63) is 36.5 Å². The minimum Gasteiger partial charge on any atom is -0.489 e. The summed E-state index contributed by atoms with van der Waals surface area (Å²) in [5.41, 5.74) is 2.39. The standard InChI is InChI=1S/C20H20N4O5/c25-10-17-15-11-28-16-7-12(1-3-14(16)24(15)20(27)29-17)13-2-4-18(22-8-13)23-6-5-21-9-19(23)26/h1-4,7-8,15,17,21,25H,5-6,9-11H2. The Morgan fingerprint density at radius 3 is 2.83 bits per heavy atom. The summed E-state index contributed by atoms with van der Waals surface area (Å²) in [4.78, 5) is 31.9. The van der Waals surface area contributed by atoms with Crippen molar-refractivity contribution in [1.29, 1.82) is 0 Å². The lowest BCUT2D eigenvalue weighted by Gasteiger charge is -2.31. The van der Waals surface area contributed by atoms with E-state index in [4.69, 9.17) is 9.47 Å². The van der Waals surface area contributed by atoms with Crippen molar-refractivity contribution in [1.82, 2.24) is 10.3 Å². The van der Waals surface area contributed by atoms with Crippen molar-refractivity contribution in [2.75, 3.05) is 42.6 Å². The number of hydrogen-bond donors (Lipinski definition) is 2. The molecule has 0 saturated carbocycles. The van der Waals surface area contributed by atoms with E-state index >= 15 is 0 Å². The van der Waals surface area contributed by atoms with Crippen LogP contribution in [-0.2, 0) is 9.53 Å². The average molecular weight is 396 g/mol. The fourth-order valence-electron chi connectivity index (χ4n) is 3.93. The minimum absolute atomic E-state index is 0.00641. The molecule has 3 aliphatic rings. The van der Waals surface area contributed by atoms with Gasteiger partial charge in [-0.15, -0.1) is 0 Å². The van der Waals surface area contributed by atoms with Gasteiger partial charge in [-0.25, -0.2) is 9.78 Å². The summed E-state index contributed by atoms with van der Waals surface area (Å²) in [5, 5.41) is 12.4. The Kier molecular flexibility index (Phi) is 4.33. The molecule has 0 bridgehead atoms. The van der Waals surface area contributed by atoms with Crippen molar-refractivity contribution < 1.29 is 24.2 Å². The number of carbonyl (C=O) groups is 2. The molecule has 2 N–H and O–H groups in total. The van der Waals surface area contributed by atoms with E-state index in [1.165, 1.54) is 0 Å². The fraction of sp³-hybridized carbons (Fsp3) is 0.350. The van der Waals surface area contributed by atoms with E-state index in [-0.39, 0.29) is 25.2 Å². The monoisotopic (exact) mass is 396 g/mol. The number of aliphatic hydroxyl groups excluding tert-OH is 1. The summed E-state index contributed by atoms with van der Waals surface area (Å²) in [6.07, 6.45) is 0.669. The number of nitrogens with one attached hydrogen (secondary N) is 1. The zero-order chi connectivity index (χ0) is 20.0. The van der Waals surface area contributed by atoms with Crippen molar-refractivity contribution in [3.63, 3.8) is 0 Å². The van der Waals surface area contributed by atoms with Crippen molar-refractivity contribution in [2.45, 2.75) is 12.1 Å². The van der Waals surface area contributed by atoms with E-state index in [0.29, 0.717) is 30.3 Å². The molecule has 1 aromatic carbocycles. The SMILES string of the molecule is O=C1CNCCN1c1ccc(-c2ccc3c(c2)OCC2C(CO)OC(=O)N32)cn1. The first-order valence-electron chi connectivity index (χ1n) is 9.51. The average Bonchev–Trinajstić information content (AvgIpc) is 3.10. The van der Waals surface area contributed by atoms with Gasteiger partial charge in [0, 0.05) is 24.8 Å². The maximum Gasteiger partial charge on any atom is 0.415 e. The Bertz CT molecular complexity index is 964. The van der Waals surface area contributed by atoms with Crippen LogP contribution in [0.4, 0.5) is 16.3 Å². The van der Waals surface area contributed by atoms with E-state index < -0.39 is 12.2 Å². The lowest BCUT2D eigenvalue weighted by Crippen LogP contribution is -2.48. The molecular weight excluding hydrogens is 376 g/mol. The Hall–Kier alpha value is -3.17. The van der Waals surface area contributed by atoms with Crippen molar-refractivity contribution in [2.24, 2.45) is 0 Å². The highest BCUT2D eigenvalue weighted by Gasteiger charge is 2.46. The van der Waals surface area contributed by atoms with Gasteiger partial charge in [0.25, 0.3) is 0 Å². The first kappa shape index (κ1) is 17.9. The number of anilines is 2. The molecule has 2 unspecified atom stereocenters. The van der Waals surface area contributed by atoms with Crippen LogP contribution in [0.15, 0.2) is 36.5 Å². The van der Waals surface area contributed by atoms with Crippen LogP contribution in [0.1, 0.15) is 0 Å². The van der Waals surface area contributed by atoms with Crippen LogP contribution in [0.25, 0.3) is 11.1 Å². The quantitative estimate of drug-likeness (QED) is 0.789. The van der Waals surface area contributed by atoms with E-state index in [0.717, 1.165) is 17.7 Å². The number of hydrogen-bond acceptors (Lipinski definition) is 7. The third kappa shape index (κ3) is 2.99. The molecule has 3 aliphatic heterocycles. The van der Waals surface area contributed by atoms with Gasteiger partial charge in [-0.3, -0.25) is 14.6 Å². The molecule has 2 amide bonds. The van der Waals surface area contributed by atoms with E-state index in [1.54, 1.807) is 16.0 Å². The summed E-state index contributed by atoms with van der Waals surface area (Å²) in [6, 6.07) is 8.97. The van der Waals surface area contributed by atoms with Crippen LogP contribution in [0, 0.1) is 0 Å². The molecule has 9 heteroatoms. The zero-order valence-corrected chi connectivity index (χ0v) is 15.6. The summed E-state index contributed by atoms with van der Waals surface area (Å²) in [7, 11) is 0. The Morgan fingerprint density at radius 2 is 2.07 bits per heavy atom. The Labute approximate surface area is 166 Å². The smallest absolute Gasteiger partial charge is 0.415 e. The van der Waals surface area contributed by atoms with E-state index in [9.17, 15) is 14.7 Å². The number of cyclic esters (lactones) is 1. The number of rotatable bonds is 3. The number of aromatic nitrogens is 1. The Morgan fingerprint density at radius 1 is 1.21 bits per heavy atom. The van der Waals surface area contributed by atoms with Gasteiger partial charge in [-0.05, 0) is 29.8 Å². The Balaban J connectivity index is 1.41. The molecule has 2 saturated heterocycles. The predicted octanol–water partition coefficient (Wildman–Crippen LogP) is 0.763. The molecule has 2 fully saturated rings. The molecule has 29 heavy (non-hydrogen) atoms. The number of pyridine rings is 1. The fourth-order valence-corrected chi connectivity index (χ4v) is 3.93. The third-order valence-electron chi connectivity index (χ3n) is 5.47. The van der Waals surface area contributed by atoms with Crippen LogP contribution in [-0.4, -0.2) is 67.1 Å². The molecule has 1 aromatic heterocycles. The van der Waals surface area contributed by atoms with E-state index in [2.05, 4.69) is 10.3 Å². The van der Waals surface area contributed by atoms with Gasteiger partial charge in [0.15, 0.2) is 6.10 Å². The second kappa shape index (κ2) is 7.02. The topological polar surface area (TPSA) is 104 Å². The highest BCUT2D eigenvalue weighted by Crippen LogP contribution is 2.41. The van der Waals surface area contributed by atoms with Gasteiger partial charge in [-0.1, -0.05) is 6.07 Å². The van der Waals surface area contributed by atoms with Gasteiger partial charge in [-0.2, -0.15) is 0 Å². The lowest BCUT2D eigenvalue weighted by molar-refractivity contribution is -0.118. The van der Waals surface area contributed by atoms with Gasteiger partial charge < -0.3 is 19.9 Å². The van der Waals surface area contributed by atoms with Crippen LogP contribution in [0.2, 0.25) is 0 Å². The zero-order valence-electron chi connectivity index (χ0n) is 15.6. The van der Waals surface area contributed by atoms with Crippen molar-refractivity contribution >= 4 is 23.5 Å². The summed E-state index contributed by atoms with van der Waals surface area (Å²) >= 11 is 0. The second-order valence-corrected chi connectivity index (χ2v) is 7.16. The maximum atomic E-state index is 12.2. The third-order valence-corrected chi connectivity index (χ3v) is 5.47. The predicted molar refractivity (Wildman–Crippen MR) is 104 cm³/mol. The highest BCUT2D eigenvalue weighted by molar-refractivity contribution is 5.95. The molecule has 150 valence electrons. The molecule has 9 nitrogen and oxygen atoms in total. The molecule has 0 spiro atoms. The number of ether oxygens (including phenoxy) is 2. The first-order valence-corrected chi connectivity index (χ1v) is 9.51. The van der Waals surface area contributed by atoms with Gasteiger partial charge >= 0.3 is 6.09 Å². The van der Waals surface area contributed by atoms with Crippen molar-refractivity contribution in [3.8, 4) is 16.9 Å². The molecular formula is C20H20N4O5. The number of carbonyl (C=O) groups excluding carboxylic acids is 2. The number of nitrogens with zero attached hydrogens (tertiary/aromatic N) is 3. The van der Waals surface area contributed by atoms with Gasteiger partial charge in [0.2, 0.25) is 5.91 Å². The maximum absolute atomic E-state index is 12.2. The normalized spacial score (nSPS) is 23.3. The molecule has 2 aromatic rings. The van der Waals surface area contributed by atoms with Gasteiger partial charge in [0.1, 0.15) is 24.2 Å². The van der Waals surface area contributed by atoms with Gasteiger partial charge in [0.05, 0.1) is 18.8 Å². The first-order chi connectivity index (χ1) is 14.2. The van der Waals surface area contributed by atoms with Crippen LogP contribution >= 0.6 is 0 Å². The summed E-state index contributed by atoms with van der Waals surface area (Å²) in [6.45, 7) is 1.68. The molecule has 5 rings (SSSR count). The number of piperazine rings is 1. The molecule has 4 heterocycles. The lowest BCUT2D eigenvalue weighted by atomic mass is 10.0. The van der Waals surface area contributed by atoms with Crippen LogP contribution in [0.3, 0.4) is 0 Å². The van der Waals surface area contributed by atoms with Crippen LogP contribution < -0.4 is 19.9 Å². The number of fused-ring (bicyclic) bond motifs is 3. The number of amides is 2. The van der Waals surface area contributed by atoms with Crippen LogP contribution in [0.5, 0.6) is 5.75 Å². The summed E-state index contributed by atoms with van der Waals surface area (Å²) in [5.74, 6) is 1.22. The second-order valence-electron chi connectivity index (χ2n) is 7.16. The molecule has 0 aliphatic carbocycles. The number of benzene rings is 1. The number of aliphatic hydroxyl groups is 1. The molecule has 0 radical (unpaired) electrons. The summed E-state index contributed by atoms with van der Waals surface area (Å²) < 4.78 is 11.1. The van der Waals surface area contributed by atoms with E-state index in [1.807, 2.05) is 30.3 Å². The minimum atomic E-state index is -0.584. The largest absolute Gasteiger partial charge is 0.489 e. The highest BCUT2D eigenvalue weighted by atomic mass is 16.6. The molecule has 2 atom stereocenters.